The summed E-state index contributed by atoms with van der Waals surface area (Å²) in [5.41, 5.74) is 0.0487. The van der Waals surface area contributed by atoms with E-state index < -0.39 is 0 Å². The molecule has 3 rings (SSSR count). The van der Waals surface area contributed by atoms with E-state index in [9.17, 15) is 5.26 Å². The Labute approximate surface area is 163 Å². The van der Waals surface area contributed by atoms with Gasteiger partial charge in [0, 0.05) is 0 Å². The zero-order chi connectivity index (χ0) is 18.4. The fourth-order valence-electron chi connectivity index (χ4n) is 7.01. The highest BCUT2D eigenvalue weighted by molar-refractivity contribution is 5.06. The summed E-state index contributed by atoms with van der Waals surface area (Å²) in [5, 5.41) is 10.1. The van der Waals surface area contributed by atoms with Gasteiger partial charge >= 0.3 is 0 Å². The van der Waals surface area contributed by atoms with Crippen molar-refractivity contribution in [3.05, 3.63) is 0 Å². The van der Waals surface area contributed by atoms with Gasteiger partial charge in [-0.25, -0.2) is 0 Å². The molecule has 3 aliphatic carbocycles. The molecule has 0 N–H and O–H groups in total. The molecule has 0 aromatic carbocycles. The van der Waals surface area contributed by atoms with Crippen molar-refractivity contribution in [2.24, 2.45) is 35.0 Å². The van der Waals surface area contributed by atoms with Crippen molar-refractivity contribution in [2.75, 3.05) is 0 Å². The third-order valence-corrected chi connectivity index (χ3v) is 8.73. The van der Waals surface area contributed by atoms with Crippen LogP contribution in [0.4, 0.5) is 0 Å². The molecule has 3 fully saturated rings. The lowest BCUT2D eigenvalue weighted by atomic mass is 9.57. The van der Waals surface area contributed by atoms with Gasteiger partial charge in [-0.05, 0) is 81.0 Å². The van der Waals surface area contributed by atoms with Crippen LogP contribution in [0, 0.1) is 46.3 Å². The normalized spacial score (nSPS) is 41.5. The van der Waals surface area contributed by atoms with Gasteiger partial charge in [-0.2, -0.15) is 5.26 Å². The van der Waals surface area contributed by atoms with Gasteiger partial charge in [-0.3, -0.25) is 0 Å². The van der Waals surface area contributed by atoms with E-state index in [1.807, 2.05) is 0 Å². The largest absolute Gasteiger partial charge is 0.198 e. The average molecular weight is 358 g/mol. The summed E-state index contributed by atoms with van der Waals surface area (Å²) < 4.78 is 0. The number of nitrogens with zero attached hydrogens (tertiary/aromatic N) is 1. The second-order valence-corrected chi connectivity index (χ2v) is 10.2. The SMILES string of the molecule is CCCC1CCC([C@H]2CC[C@](C#N)(C3CCC(CCC)CC3)CC2)CC1. The summed E-state index contributed by atoms with van der Waals surface area (Å²) in [7, 11) is 0. The Bertz CT molecular complexity index is 437. The molecular formula is C25H43N. The van der Waals surface area contributed by atoms with Gasteiger partial charge in [0.25, 0.3) is 0 Å². The molecule has 0 aromatic rings. The summed E-state index contributed by atoms with van der Waals surface area (Å²) in [6, 6.07) is 2.88. The van der Waals surface area contributed by atoms with E-state index in [2.05, 4.69) is 19.9 Å². The fraction of sp³-hybridized carbons (Fsp3) is 0.960. The molecule has 1 heteroatoms. The highest BCUT2D eigenvalue weighted by atomic mass is 14.5. The Kier molecular flexibility index (Phi) is 7.48. The fourth-order valence-corrected chi connectivity index (χ4v) is 7.01. The van der Waals surface area contributed by atoms with Crippen molar-refractivity contribution < 1.29 is 0 Å². The topological polar surface area (TPSA) is 23.8 Å². The minimum atomic E-state index is 0.0487. The van der Waals surface area contributed by atoms with Gasteiger partial charge in [0.15, 0.2) is 0 Å². The van der Waals surface area contributed by atoms with Crippen LogP contribution < -0.4 is 0 Å². The monoisotopic (exact) mass is 357 g/mol. The maximum Gasteiger partial charge on any atom is 0.0692 e. The lowest BCUT2D eigenvalue weighted by Gasteiger charge is -2.45. The van der Waals surface area contributed by atoms with Crippen LogP contribution in [0.3, 0.4) is 0 Å². The molecule has 3 saturated carbocycles. The molecule has 0 aromatic heterocycles. The molecule has 0 aliphatic heterocycles. The van der Waals surface area contributed by atoms with Gasteiger partial charge in [-0.1, -0.05) is 65.2 Å². The van der Waals surface area contributed by atoms with Crippen molar-refractivity contribution in [1.82, 2.24) is 0 Å². The quantitative estimate of drug-likeness (QED) is 0.474. The van der Waals surface area contributed by atoms with E-state index in [1.54, 1.807) is 0 Å². The molecule has 1 nitrogen and oxygen atoms in total. The van der Waals surface area contributed by atoms with Gasteiger partial charge < -0.3 is 0 Å². The number of rotatable bonds is 6. The molecule has 0 unspecified atom stereocenters. The van der Waals surface area contributed by atoms with Crippen LogP contribution in [0.25, 0.3) is 0 Å². The molecule has 3 aliphatic rings. The minimum Gasteiger partial charge on any atom is -0.198 e. The van der Waals surface area contributed by atoms with Crippen molar-refractivity contribution in [2.45, 2.75) is 117 Å². The molecule has 0 spiro atoms. The Balaban J connectivity index is 1.48. The average Bonchev–Trinajstić information content (AvgIpc) is 2.70. The number of nitriles is 1. The first-order valence-electron chi connectivity index (χ1n) is 12.1. The first kappa shape index (κ1) is 20.2. The molecule has 0 heterocycles. The third kappa shape index (κ3) is 4.66. The van der Waals surface area contributed by atoms with Crippen LogP contribution in [0.1, 0.15) is 117 Å². The van der Waals surface area contributed by atoms with E-state index in [4.69, 9.17) is 0 Å². The Morgan fingerprint density at radius 2 is 1.15 bits per heavy atom. The summed E-state index contributed by atoms with van der Waals surface area (Å²) in [4.78, 5) is 0. The first-order chi connectivity index (χ1) is 12.7. The van der Waals surface area contributed by atoms with Crippen LogP contribution in [-0.2, 0) is 0 Å². The summed E-state index contributed by atoms with van der Waals surface area (Å²) in [6.45, 7) is 4.66. The highest BCUT2D eigenvalue weighted by Crippen LogP contribution is 2.52. The smallest absolute Gasteiger partial charge is 0.0692 e. The standard InChI is InChI=1S/C25H43N/c1-3-5-20-7-11-22(12-8-20)23-15-17-25(19-26,18-16-23)24-13-9-21(6-4-2)10-14-24/h20-24H,3-18H2,1-2H3/t20?,21?,22?,23-,24?,25-. The second-order valence-electron chi connectivity index (χ2n) is 10.2. The summed E-state index contributed by atoms with van der Waals surface area (Å²) in [6.07, 6.45) is 22.1. The van der Waals surface area contributed by atoms with Crippen molar-refractivity contribution in [3.63, 3.8) is 0 Å². The zero-order valence-electron chi connectivity index (χ0n) is 17.6. The maximum absolute atomic E-state index is 10.1. The number of hydrogen-bond donors (Lipinski definition) is 0. The molecule has 0 saturated heterocycles. The molecule has 0 atom stereocenters. The summed E-state index contributed by atoms with van der Waals surface area (Å²) in [5.74, 6) is 4.62. The Morgan fingerprint density at radius 3 is 1.62 bits per heavy atom. The van der Waals surface area contributed by atoms with Crippen molar-refractivity contribution in [1.29, 1.82) is 5.26 Å². The van der Waals surface area contributed by atoms with Crippen LogP contribution in [0.2, 0.25) is 0 Å². The van der Waals surface area contributed by atoms with Gasteiger partial charge in [0.05, 0.1) is 11.5 Å². The van der Waals surface area contributed by atoms with Crippen molar-refractivity contribution >= 4 is 0 Å². The van der Waals surface area contributed by atoms with Gasteiger partial charge in [-0.15, -0.1) is 0 Å². The predicted octanol–water partition coefficient (Wildman–Crippen LogP) is 7.90. The van der Waals surface area contributed by atoms with Crippen LogP contribution in [0.15, 0.2) is 0 Å². The molecule has 26 heavy (non-hydrogen) atoms. The molecule has 148 valence electrons. The van der Waals surface area contributed by atoms with Gasteiger partial charge in [0.1, 0.15) is 0 Å². The van der Waals surface area contributed by atoms with E-state index in [0.717, 1.165) is 23.7 Å². The second kappa shape index (κ2) is 9.61. The van der Waals surface area contributed by atoms with E-state index in [0.29, 0.717) is 5.92 Å². The lowest BCUT2D eigenvalue weighted by molar-refractivity contribution is 0.0604. The lowest BCUT2D eigenvalue weighted by Crippen LogP contribution is -2.38. The van der Waals surface area contributed by atoms with Crippen LogP contribution in [-0.4, -0.2) is 0 Å². The molecular weight excluding hydrogens is 314 g/mol. The Hall–Kier alpha value is -0.510. The van der Waals surface area contributed by atoms with Crippen molar-refractivity contribution in [3.8, 4) is 6.07 Å². The number of hydrogen-bond acceptors (Lipinski definition) is 1. The Morgan fingerprint density at radius 1 is 0.692 bits per heavy atom. The van der Waals surface area contributed by atoms with E-state index in [1.165, 1.54) is 103 Å². The molecule has 0 bridgehead atoms. The van der Waals surface area contributed by atoms with Gasteiger partial charge in [0.2, 0.25) is 0 Å². The summed E-state index contributed by atoms with van der Waals surface area (Å²) >= 11 is 0. The predicted molar refractivity (Wildman–Crippen MR) is 111 cm³/mol. The van der Waals surface area contributed by atoms with Crippen LogP contribution in [0.5, 0.6) is 0 Å². The third-order valence-electron chi connectivity index (χ3n) is 8.73. The molecule has 0 amide bonds. The van der Waals surface area contributed by atoms with E-state index in [-0.39, 0.29) is 5.41 Å². The van der Waals surface area contributed by atoms with Crippen LogP contribution >= 0.6 is 0 Å². The first-order valence-corrected chi connectivity index (χ1v) is 12.1. The van der Waals surface area contributed by atoms with E-state index >= 15 is 0 Å². The zero-order valence-corrected chi connectivity index (χ0v) is 17.6. The maximum atomic E-state index is 10.1. The molecule has 0 radical (unpaired) electrons. The highest BCUT2D eigenvalue weighted by Gasteiger charge is 2.44. The minimum absolute atomic E-state index is 0.0487.